The van der Waals surface area contributed by atoms with Gasteiger partial charge in [-0.1, -0.05) is 41.9 Å². The topological polar surface area (TPSA) is 77.0 Å². The van der Waals surface area contributed by atoms with Gasteiger partial charge in [0.1, 0.15) is 5.82 Å². The second-order valence-corrected chi connectivity index (χ2v) is 7.04. The summed E-state index contributed by atoms with van der Waals surface area (Å²) in [4.78, 5) is 22.3. The van der Waals surface area contributed by atoms with Crippen molar-refractivity contribution in [2.24, 2.45) is 5.73 Å². The highest BCUT2D eigenvalue weighted by molar-refractivity contribution is 6.33. The van der Waals surface area contributed by atoms with Gasteiger partial charge in [0.25, 0.3) is 0 Å². The van der Waals surface area contributed by atoms with Crippen LogP contribution in [0.3, 0.4) is 0 Å². The molecule has 0 unspecified atom stereocenters. The third-order valence-corrected chi connectivity index (χ3v) is 5.16. The van der Waals surface area contributed by atoms with E-state index >= 15 is 0 Å². The second kappa shape index (κ2) is 7.40. The molecule has 0 saturated heterocycles. The highest BCUT2D eigenvalue weighted by atomic mass is 35.5. The summed E-state index contributed by atoms with van der Waals surface area (Å²) in [6, 6.07) is 12.0. The molecule has 3 aromatic rings. The normalized spacial score (nSPS) is 13.4. The van der Waals surface area contributed by atoms with E-state index < -0.39 is 5.91 Å². The van der Waals surface area contributed by atoms with E-state index in [2.05, 4.69) is 43.7 Å². The van der Waals surface area contributed by atoms with E-state index in [0.717, 1.165) is 31.6 Å². The third kappa shape index (κ3) is 3.66. The van der Waals surface area contributed by atoms with Gasteiger partial charge in [-0.2, -0.15) is 0 Å². The molecule has 4 rings (SSSR count). The van der Waals surface area contributed by atoms with Gasteiger partial charge < -0.3 is 15.2 Å². The number of rotatable bonds is 5. The quantitative estimate of drug-likeness (QED) is 0.737. The first-order valence-electron chi connectivity index (χ1n) is 8.89. The Hall–Kier alpha value is -2.86. The number of imidazole rings is 1. The summed E-state index contributed by atoms with van der Waals surface area (Å²) in [7, 11) is 0. The molecule has 1 aliphatic heterocycles. The first kappa shape index (κ1) is 17.5. The average Bonchev–Trinajstić information content (AvgIpc) is 3.09. The number of aromatic nitrogens is 3. The molecule has 0 radical (unpaired) electrons. The van der Waals surface area contributed by atoms with Crippen LogP contribution in [-0.2, 0) is 25.9 Å². The molecule has 3 heterocycles. The van der Waals surface area contributed by atoms with E-state index in [1.54, 1.807) is 6.07 Å². The van der Waals surface area contributed by atoms with Crippen LogP contribution in [0.1, 0.15) is 27.3 Å². The Morgan fingerprint density at radius 1 is 1.22 bits per heavy atom. The SMILES string of the molecule is NC(=O)c1cnc(N2CCc3c(ncn3CCc3ccccc3)C2)c(Cl)c1. The van der Waals surface area contributed by atoms with Crippen LogP contribution in [0.15, 0.2) is 48.9 Å². The van der Waals surface area contributed by atoms with E-state index in [9.17, 15) is 4.79 Å². The van der Waals surface area contributed by atoms with Gasteiger partial charge in [0.2, 0.25) is 5.91 Å². The highest BCUT2D eigenvalue weighted by Gasteiger charge is 2.23. The number of anilines is 1. The number of nitrogens with two attached hydrogens (primary N) is 1. The minimum Gasteiger partial charge on any atom is -0.366 e. The number of carbonyl (C=O) groups excluding carboxylic acids is 1. The number of benzene rings is 1. The maximum atomic E-state index is 11.3. The van der Waals surface area contributed by atoms with Crippen molar-refractivity contribution in [1.29, 1.82) is 0 Å². The molecular weight excluding hydrogens is 362 g/mol. The highest BCUT2D eigenvalue weighted by Crippen LogP contribution is 2.28. The van der Waals surface area contributed by atoms with E-state index in [1.807, 2.05) is 12.4 Å². The maximum absolute atomic E-state index is 11.3. The lowest BCUT2D eigenvalue weighted by Crippen LogP contribution is -2.32. The van der Waals surface area contributed by atoms with Gasteiger partial charge in [0, 0.05) is 31.4 Å². The molecule has 0 saturated carbocycles. The molecule has 138 valence electrons. The van der Waals surface area contributed by atoms with Crippen molar-refractivity contribution in [2.75, 3.05) is 11.4 Å². The largest absolute Gasteiger partial charge is 0.366 e. The van der Waals surface area contributed by atoms with Gasteiger partial charge in [-0.15, -0.1) is 0 Å². The molecule has 2 N–H and O–H groups in total. The minimum atomic E-state index is -0.533. The summed E-state index contributed by atoms with van der Waals surface area (Å²) in [5.74, 6) is 0.125. The smallest absolute Gasteiger partial charge is 0.250 e. The number of hydrogen-bond donors (Lipinski definition) is 1. The summed E-state index contributed by atoms with van der Waals surface area (Å²) in [6.45, 7) is 2.36. The Kier molecular flexibility index (Phi) is 4.81. The van der Waals surface area contributed by atoms with Crippen LogP contribution < -0.4 is 10.6 Å². The maximum Gasteiger partial charge on any atom is 0.250 e. The average molecular weight is 382 g/mol. The van der Waals surface area contributed by atoms with E-state index in [1.165, 1.54) is 17.5 Å². The molecule has 7 heteroatoms. The van der Waals surface area contributed by atoms with Gasteiger partial charge in [0.15, 0.2) is 0 Å². The summed E-state index contributed by atoms with van der Waals surface area (Å²) in [5.41, 5.74) is 9.24. The van der Waals surface area contributed by atoms with E-state index in [4.69, 9.17) is 17.3 Å². The molecule has 6 nitrogen and oxygen atoms in total. The van der Waals surface area contributed by atoms with Gasteiger partial charge >= 0.3 is 0 Å². The van der Waals surface area contributed by atoms with Crippen LogP contribution in [0.2, 0.25) is 5.02 Å². The van der Waals surface area contributed by atoms with Crippen molar-refractivity contribution in [2.45, 2.75) is 25.9 Å². The Morgan fingerprint density at radius 3 is 2.78 bits per heavy atom. The molecule has 1 aliphatic rings. The molecule has 27 heavy (non-hydrogen) atoms. The number of hydrogen-bond acceptors (Lipinski definition) is 4. The fraction of sp³-hybridized carbons (Fsp3) is 0.250. The molecule has 0 fully saturated rings. The Morgan fingerprint density at radius 2 is 2.04 bits per heavy atom. The Labute approximate surface area is 162 Å². The van der Waals surface area contributed by atoms with Crippen molar-refractivity contribution < 1.29 is 4.79 Å². The molecule has 0 atom stereocenters. The fourth-order valence-electron chi connectivity index (χ4n) is 3.44. The van der Waals surface area contributed by atoms with Crippen molar-refractivity contribution in [1.82, 2.24) is 14.5 Å². The molecule has 0 spiro atoms. The van der Waals surface area contributed by atoms with Crippen molar-refractivity contribution in [3.63, 3.8) is 0 Å². The number of primary amides is 1. The van der Waals surface area contributed by atoms with Crippen LogP contribution in [0.25, 0.3) is 0 Å². The number of halogens is 1. The zero-order valence-electron chi connectivity index (χ0n) is 14.8. The van der Waals surface area contributed by atoms with Crippen molar-refractivity contribution in [3.8, 4) is 0 Å². The summed E-state index contributed by atoms with van der Waals surface area (Å²) in [5, 5.41) is 0.429. The van der Waals surface area contributed by atoms with Crippen LogP contribution >= 0.6 is 11.6 Å². The van der Waals surface area contributed by atoms with Crippen molar-refractivity contribution in [3.05, 3.63) is 76.5 Å². The van der Waals surface area contributed by atoms with Crippen LogP contribution in [0, 0.1) is 0 Å². The van der Waals surface area contributed by atoms with Gasteiger partial charge in [-0.3, -0.25) is 4.79 Å². The molecule has 1 amide bonds. The molecule has 2 aromatic heterocycles. The number of aryl methyl sites for hydroxylation is 2. The standard InChI is InChI=1S/C20H20ClN5O/c21-16-10-15(19(22)27)11-23-20(16)25-9-7-18-17(12-25)24-13-26(18)8-6-14-4-2-1-3-5-14/h1-5,10-11,13H,6-9,12H2,(H2,22,27). The molecule has 1 aromatic carbocycles. The summed E-state index contributed by atoms with van der Waals surface area (Å²) >= 11 is 6.32. The van der Waals surface area contributed by atoms with Crippen LogP contribution in [0.5, 0.6) is 0 Å². The van der Waals surface area contributed by atoms with Crippen LogP contribution in [0.4, 0.5) is 5.82 Å². The molecular formula is C20H20ClN5O. The number of amides is 1. The lowest BCUT2D eigenvalue weighted by molar-refractivity contribution is 0.1000. The van der Waals surface area contributed by atoms with E-state index in [-0.39, 0.29) is 0 Å². The lowest BCUT2D eigenvalue weighted by Gasteiger charge is -2.28. The number of nitrogens with zero attached hydrogens (tertiary/aromatic N) is 4. The van der Waals surface area contributed by atoms with Gasteiger partial charge in [0.05, 0.1) is 29.2 Å². The van der Waals surface area contributed by atoms with Gasteiger partial charge in [-0.25, -0.2) is 9.97 Å². The monoisotopic (exact) mass is 381 g/mol. The third-order valence-electron chi connectivity index (χ3n) is 4.88. The summed E-state index contributed by atoms with van der Waals surface area (Å²) in [6.07, 6.45) is 5.24. The Bertz CT molecular complexity index is 970. The predicted octanol–water partition coefficient (Wildman–Crippen LogP) is 2.84. The molecule has 0 bridgehead atoms. The minimum absolute atomic E-state index is 0.312. The second-order valence-electron chi connectivity index (χ2n) is 6.63. The fourth-order valence-corrected chi connectivity index (χ4v) is 3.72. The first-order valence-corrected chi connectivity index (χ1v) is 9.26. The number of pyridine rings is 1. The Balaban J connectivity index is 1.48. The van der Waals surface area contributed by atoms with Crippen molar-refractivity contribution >= 4 is 23.3 Å². The van der Waals surface area contributed by atoms with Crippen LogP contribution in [-0.4, -0.2) is 27.0 Å². The number of carbonyl (C=O) groups is 1. The zero-order valence-corrected chi connectivity index (χ0v) is 15.6. The number of fused-ring (bicyclic) bond motifs is 1. The van der Waals surface area contributed by atoms with E-state index in [0.29, 0.717) is 22.9 Å². The zero-order chi connectivity index (χ0) is 18.8. The van der Waals surface area contributed by atoms with Gasteiger partial charge in [-0.05, 0) is 18.1 Å². The first-order chi connectivity index (χ1) is 13.1. The predicted molar refractivity (Wildman–Crippen MR) is 105 cm³/mol. The lowest BCUT2D eigenvalue weighted by atomic mass is 10.1. The molecule has 0 aliphatic carbocycles. The summed E-state index contributed by atoms with van der Waals surface area (Å²) < 4.78 is 2.24.